The molecule has 0 aliphatic rings. The topological polar surface area (TPSA) is 90.4 Å². The maximum absolute atomic E-state index is 10.8. The Morgan fingerprint density at radius 2 is 2.29 bits per heavy atom. The highest BCUT2D eigenvalue weighted by Crippen LogP contribution is 2.20. The molecule has 1 aromatic heterocycles. The predicted molar refractivity (Wildman–Crippen MR) is 61.5 cm³/mol. The van der Waals surface area contributed by atoms with Crippen LogP contribution >= 0.6 is 0 Å². The van der Waals surface area contributed by atoms with Crippen molar-refractivity contribution in [2.45, 2.75) is 0 Å². The quantitative estimate of drug-likeness (QED) is 0.830. The van der Waals surface area contributed by atoms with E-state index in [0.717, 1.165) is 0 Å². The number of nitrogen functional groups attached to an aromatic ring is 1. The lowest BCUT2D eigenvalue weighted by atomic mass is 10.3. The van der Waals surface area contributed by atoms with Gasteiger partial charge in [-0.2, -0.15) is 5.10 Å². The van der Waals surface area contributed by atoms with Gasteiger partial charge < -0.3 is 15.6 Å². The highest BCUT2D eigenvalue weighted by Gasteiger charge is 2.14. The number of rotatable bonds is 3. The standard InChI is InChI=1S/C11H11N3O3/c1-17-8-4-2-3-7(5-8)14-10(12)9(6-13-14)11(15)16/h2-6H,12H2,1H3,(H,15,16). The predicted octanol–water partition coefficient (Wildman–Crippen LogP) is 1.16. The van der Waals surface area contributed by atoms with Gasteiger partial charge in [-0.15, -0.1) is 0 Å². The maximum atomic E-state index is 10.8. The monoisotopic (exact) mass is 233 g/mol. The number of hydrogen-bond acceptors (Lipinski definition) is 4. The van der Waals surface area contributed by atoms with Crippen LogP contribution in [0.3, 0.4) is 0 Å². The zero-order valence-corrected chi connectivity index (χ0v) is 9.12. The van der Waals surface area contributed by atoms with Gasteiger partial charge in [-0.3, -0.25) is 0 Å². The first kappa shape index (κ1) is 11.0. The largest absolute Gasteiger partial charge is 0.497 e. The van der Waals surface area contributed by atoms with Crippen LogP contribution in [0.5, 0.6) is 5.75 Å². The van der Waals surface area contributed by atoms with Crippen LogP contribution in [0, 0.1) is 0 Å². The first-order chi connectivity index (χ1) is 8.13. The molecule has 0 aliphatic heterocycles. The Kier molecular flexibility index (Phi) is 2.70. The number of ether oxygens (including phenoxy) is 1. The minimum atomic E-state index is -1.10. The molecule has 17 heavy (non-hydrogen) atoms. The first-order valence-electron chi connectivity index (χ1n) is 4.84. The van der Waals surface area contributed by atoms with E-state index in [9.17, 15) is 4.79 Å². The van der Waals surface area contributed by atoms with Gasteiger partial charge in [-0.1, -0.05) is 6.07 Å². The average molecular weight is 233 g/mol. The summed E-state index contributed by atoms with van der Waals surface area (Å²) in [5, 5.41) is 12.8. The second-order valence-corrected chi connectivity index (χ2v) is 3.36. The van der Waals surface area contributed by atoms with E-state index < -0.39 is 5.97 Å². The molecule has 0 saturated carbocycles. The molecule has 0 atom stereocenters. The van der Waals surface area contributed by atoms with Crippen LogP contribution in [0.1, 0.15) is 10.4 Å². The van der Waals surface area contributed by atoms with Gasteiger partial charge in [0, 0.05) is 6.07 Å². The average Bonchev–Trinajstić information content (AvgIpc) is 2.71. The fourth-order valence-corrected chi connectivity index (χ4v) is 1.47. The molecule has 0 radical (unpaired) electrons. The fourth-order valence-electron chi connectivity index (χ4n) is 1.47. The lowest BCUT2D eigenvalue weighted by Crippen LogP contribution is -2.05. The number of methoxy groups -OCH3 is 1. The Bertz CT molecular complexity index is 563. The van der Waals surface area contributed by atoms with E-state index in [-0.39, 0.29) is 11.4 Å². The normalized spacial score (nSPS) is 10.2. The third-order valence-corrected chi connectivity index (χ3v) is 2.33. The van der Waals surface area contributed by atoms with E-state index in [0.29, 0.717) is 11.4 Å². The van der Waals surface area contributed by atoms with Crippen molar-refractivity contribution in [3.8, 4) is 11.4 Å². The fraction of sp³-hybridized carbons (Fsp3) is 0.0909. The Balaban J connectivity index is 2.49. The summed E-state index contributed by atoms with van der Waals surface area (Å²) in [5.74, 6) is -0.364. The summed E-state index contributed by atoms with van der Waals surface area (Å²) in [6, 6.07) is 7.03. The van der Waals surface area contributed by atoms with Gasteiger partial charge in [0.25, 0.3) is 0 Å². The Morgan fingerprint density at radius 1 is 1.53 bits per heavy atom. The van der Waals surface area contributed by atoms with Gasteiger partial charge >= 0.3 is 5.97 Å². The summed E-state index contributed by atoms with van der Waals surface area (Å²) in [4.78, 5) is 10.8. The second kappa shape index (κ2) is 4.17. The molecule has 1 heterocycles. The van der Waals surface area contributed by atoms with Crippen LogP contribution in [-0.4, -0.2) is 28.0 Å². The number of anilines is 1. The van der Waals surface area contributed by atoms with E-state index in [1.54, 1.807) is 31.4 Å². The van der Waals surface area contributed by atoms with Gasteiger partial charge in [0.1, 0.15) is 17.1 Å². The second-order valence-electron chi connectivity index (χ2n) is 3.36. The summed E-state index contributed by atoms with van der Waals surface area (Å²) in [5.41, 5.74) is 6.33. The van der Waals surface area contributed by atoms with E-state index >= 15 is 0 Å². The van der Waals surface area contributed by atoms with Crippen molar-refractivity contribution < 1.29 is 14.6 Å². The highest BCUT2D eigenvalue weighted by atomic mass is 16.5. The molecule has 1 aromatic carbocycles. The number of carboxylic acid groups (broad SMARTS) is 1. The molecule has 0 unspecified atom stereocenters. The number of aromatic nitrogens is 2. The molecule has 0 amide bonds. The molecule has 2 aromatic rings. The molecule has 88 valence electrons. The van der Waals surface area contributed by atoms with Crippen molar-refractivity contribution in [1.82, 2.24) is 9.78 Å². The zero-order valence-electron chi connectivity index (χ0n) is 9.12. The number of hydrogen-bond donors (Lipinski definition) is 2. The molecule has 6 heteroatoms. The molecule has 3 N–H and O–H groups in total. The molecular formula is C11H11N3O3. The number of aromatic carboxylic acids is 1. The molecule has 0 spiro atoms. The Labute approximate surface area is 97.2 Å². The summed E-state index contributed by atoms with van der Waals surface area (Å²) in [7, 11) is 1.55. The number of carbonyl (C=O) groups is 1. The molecule has 6 nitrogen and oxygen atoms in total. The lowest BCUT2D eigenvalue weighted by molar-refractivity contribution is 0.0698. The summed E-state index contributed by atoms with van der Waals surface area (Å²) in [6.07, 6.45) is 1.22. The number of nitrogens with zero attached hydrogens (tertiary/aromatic N) is 2. The van der Waals surface area contributed by atoms with E-state index in [1.165, 1.54) is 10.9 Å². The van der Waals surface area contributed by atoms with Gasteiger partial charge in [0.2, 0.25) is 0 Å². The van der Waals surface area contributed by atoms with Crippen molar-refractivity contribution in [1.29, 1.82) is 0 Å². The van der Waals surface area contributed by atoms with Crippen LogP contribution in [0.4, 0.5) is 5.82 Å². The summed E-state index contributed by atoms with van der Waals surface area (Å²) >= 11 is 0. The molecular weight excluding hydrogens is 222 g/mol. The van der Waals surface area contributed by atoms with E-state index in [4.69, 9.17) is 15.6 Å². The SMILES string of the molecule is COc1cccc(-n2ncc(C(=O)O)c2N)c1. The van der Waals surface area contributed by atoms with Crippen molar-refractivity contribution in [3.05, 3.63) is 36.0 Å². The van der Waals surface area contributed by atoms with Gasteiger partial charge in [0.15, 0.2) is 0 Å². The minimum absolute atomic E-state index is 0.0205. The maximum Gasteiger partial charge on any atom is 0.341 e. The van der Waals surface area contributed by atoms with Gasteiger partial charge in [-0.05, 0) is 12.1 Å². The number of benzene rings is 1. The van der Waals surface area contributed by atoms with Crippen molar-refractivity contribution in [2.75, 3.05) is 12.8 Å². The Hall–Kier alpha value is -2.50. The molecule has 0 saturated heterocycles. The van der Waals surface area contributed by atoms with Gasteiger partial charge in [-0.25, -0.2) is 9.48 Å². The van der Waals surface area contributed by atoms with Crippen molar-refractivity contribution >= 4 is 11.8 Å². The van der Waals surface area contributed by atoms with Gasteiger partial charge in [0.05, 0.1) is 19.0 Å². The van der Waals surface area contributed by atoms with Crippen molar-refractivity contribution in [3.63, 3.8) is 0 Å². The molecule has 0 fully saturated rings. The van der Waals surface area contributed by atoms with E-state index in [1.807, 2.05) is 0 Å². The number of nitrogens with two attached hydrogens (primary N) is 1. The van der Waals surface area contributed by atoms with Crippen LogP contribution in [0.15, 0.2) is 30.5 Å². The summed E-state index contributed by atoms with van der Waals surface area (Å²) < 4.78 is 6.43. The smallest absolute Gasteiger partial charge is 0.341 e. The van der Waals surface area contributed by atoms with Crippen molar-refractivity contribution in [2.24, 2.45) is 0 Å². The minimum Gasteiger partial charge on any atom is -0.497 e. The molecule has 2 rings (SSSR count). The van der Waals surface area contributed by atoms with Crippen LogP contribution < -0.4 is 10.5 Å². The highest BCUT2D eigenvalue weighted by molar-refractivity contribution is 5.92. The first-order valence-corrected chi connectivity index (χ1v) is 4.84. The molecule has 0 bridgehead atoms. The van der Waals surface area contributed by atoms with Crippen LogP contribution in [0.2, 0.25) is 0 Å². The number of carboxylic acids is 1. The third kappa shape index (κ3) is 1.92. The van der Waals surface area contributed by atoms with E-state index in [2.05, 4.69) is 5.10 Å². The lowest BCUT2D eigenvalue weighted by Gasteiger charge is -2.06. The Morgan fingerprint density at radius 3 is 2.88 bits per heavy atom. The third-order valence-electron chi connectivity index (χ3n) is 2.33. The zero-order chi connectivity index (χ0) is 12.4. The van der Waals surface area contributed by atoms with Crippen LogP contribution in [0.25, 0.3) is 5.69 Å². The summed E-state index contributed by atoms with van der Waals surface area (Å²) in [6.45, 7) is 0. The van der Waals surface area contributed by atoms with Crippen LogP contribution in [-0.2, 0) is 0 Å². The molecule has 0 aliphatic carbocycles.